The Morgan fingerprint density at radius 1 is 1.36 bits per heavy atom. The average molecular weight is 450 g/mol. The highest BCUT2D eigenvalue weighted by molar-refractivity contribution is 6.08. The summed E-state index contributed by atoms with van der Waals surface area (Å²) in [5, 5.41) is 7.17. The van der Waals surface area contributed by atoms with Gasteiger partial charge >= 0.3 is 0 Å². The van der Waals surface area contributed by atoms with Crippen molar-refractivity contribution in [3.8, 4) is 11.5 Å². The maximum atomic E-state index is 13.1. The maximum Gasteiger partial charge on any atom is 0.261 e. The second-order valence-electron chi connectivity index (χ2n) is 9.12. The highest BCUT2D eigenvalue weighted by Crippen LogP contribution is 2.42. The molecular formula is C23H26N6O4. The van der Waals surface area contributed by atoms with Crippen molar-refractivity contribution in [1.82, 2.24) is 19.5 Å². The second kappa shape index (κ2) is 8.04. The molecular weight excluding hydrogens is 424 g/mol. The lowest BCUT2D eigenvalue weighted by molar-refractivity contribution is -0.118. The third-order valence-electron chi connectivity index (χ3n) is 5.84. The quantitative estimate of drug-likeness (QED) is 0.585. The minimum Gasteiger partial charge on any atom is -0.487 e. The number of carbonyl (C=O) groups is 2. The number of benzene rings is 1. The molecule has 0 spiro atoms. The number of rotatable bonds is 6. The van der Waals surface area contributed by atoms with Crippen LogP contribution in [0.15, 0.2) is 36.8 Å². The molecule has 1 fully saturated rings. The second-order valence-corrected chi connectivity index (χ2v) is 9.12. The van der Waals surface area contributed by atoms with Crippen LogP contribution in [0.1, 0.15) is 36.2 Å². The number of fused-ring (bicyclic) bond motifs is 2. The number of nitrogens with two attached hydrogens (primary N) is 1. The third-order valence-corrected chi connectivity index (χ3v) is 5.84. The van der Waals surface area contributed by atoms with E-state index < -0.39 is 0 Å². The highest BCUT2D eigenvalue weighted by atomic mass is 16.5. The molecule has 0 saturated carbocycles. The molecule has 1 atom stereocenters. The smallest absolute Gasteiger partial charge is 0.261 e. The lowest BCUT2D eigenvalue weighted by Crippen LogP contribution is -2.33. The van der Waals surface area contributed by atoms with Gasteiger partial charge in [-0.3, -0.25) is 14.5 Å². The van der Waals surface area contributed by atoms with Crippen LogP contribution in [0, 0.1) is 0 Å². The number of hydrogen-bond acceptors (Lipinski definition) is 7. The van der Waals surface area contributed by atoms with E-state index in [0.717, 1.165) is 30.7 Å². The van der Waals surface area contributed by atoms with E-state index in [1.54, 1.807) is 23.0 Å². The SMILES string of the molecule is CC1(C)Cc2cc(NC(=O)c3cnn4cccnc34)c(O[C@@H]3CCN(CC(N)=O)C3)cc2O1. The van der Waals surface area contributed by atoms with Gasteiger partial charge in [-0.25, -0.2) is 9.50 Å². The summed E-state index contributed by atoms with van der Waals surface area (Å²) in [6.45, 7) is 5.55. The summed E-state index contributed by atoms with van der Waals surface area (Å²) in [5.74, 6) is 0.583. The van der Waals surface area contributed by atoms with E-state index in [4.69, 9.17) is 15.2 Å². The molecule has 2 amide bonds. The topological polar surface area (TPSA) is 124 Å². The number of ether oxygens (including phenoxy) is 2. The molecule has 3 aromatic rings. The van der Waals surface area contributed by atoms with Gasteiger partial charge < -0.3 is 20.5 Å². The molecule has 10 heteroatoms. The fourth-order valence-electron chi connectivity index (χ4n) is 4.44. The molecule has 3 N–H and O–H groups in total. The van der Waals surface area contributed by atoms with Gasteiger partial charge in [0, 0.05) is 43.5 Å². The van der Waals surface area contributed by atoms with Crippen LogP contribution >= 0.6 is 0 Å². The van der Waals surface area contributed by atoms with E-state index in [1.165, 1.54) is 6.20 Å². The zero-order valence-corrected chi connectivity index (χ0v) is 18.6. The number of anilines is 1. The highest BCUT2D eigenvalue weighted by Gasteiger charge is 2.33. The molecule has 0 radical (unpaired) electrons. The molecule has 10 nitrogen and oxygen atoms in total. The summed E-state index contributed by atoms with van der Waals surface area (Å²) < 4.78 is 13.9. The Morgan fingerprint density at radius 2 is 2.21 bits per heavy atom. The molecule has 5 rings (SSSR count). The summed E-state index contributed by atoms with van der Waals surface area (Å²) in [6.07, 6.45) is 6.19. The number of primary amides is 1. The zero-order chi connectivity index (χ0) is 23.2. The summed E-state index contributed by atoms with van der Waals surface area (Å²) in [6, 6.07) is 5.50. The van der Waals surface area contributed by atoms with E-state index >= 15 is 0 Å². The first-order valence-electron chi connectivity index (χ1n) is 10.9. The largest absolute Gasteiger partial charge is 0.487 e. The van der Waals surface area contributed by atoms with Gasteiger partial charge in [0.1, 0.15) is 28.8 Å². The Kier molecular flexibility index (Phi) is 5.16. The van der Waals surface area contributed by atoms with Gasteiger partial charge in [-0.05, 0) is 32.4 Å². The fraction of sp³-hybridized carbons (Fsp3) is 0.391. The monoisotopic (exact) mass is 450 g/mol. The Balaban J connectivity index is 1.42. The summed E-state index contributed by atoms with van der Waals surface area (Å²) >= 11 is 0. The predicted octanol–water partition coefficient (Wildman–Crippen LogP) is 1.63. The molecule has 1 saturated heterocycles. The van der Waals surface area contributed by atoms with Crippen LogP contribution in [0.3, 0.4) is 0 Å². The molecule has 33 heavy (non-hydrogen) atoms. The first kappa shape index (κ1) is 21.2. The van der Waals surface area contributed by atoms with Crippen LogP contribution in [0.2, 0.25) is 0 Å². The molecule has 1 aromatic carbocycles. The molecule has 2 aromatic heterocycles. The number of nitrogens with zero attached hydrogens (tertiary/aromatic N) is 4. The average Bonchev–Trinajstić information content (AvgIpc) is 3.43. The van der Waals surface area contributed by atoms with Crippen LogP contribution < -0.4 is 20.5 Å². The molecule has 2 aliphatic rings. The number of nitrogens with one attached hydrogen (secondary N) is 1. The molecule has 172 valence electrons. The van der Waals surface area contributed by atoms with Gasteiger partial charge in [0.2, 0.25) is 5.91 Å². The molecule has 0 bridgehead atoms. The van der Waals surface area contributed by atoms with Gasteiger partial charge in [-0.15, -0.1) is 0 Å². The van der Waals surface area contributed by atoms with Crippen molar-refractivity contribution in [2.24, 2.45) is 5.73 Å². The van der Waals surface area contributed by atoms with Crippen LogP contribution in [-0.2, 0) is 11.2 Å². The van der Waals surface area contributed by atoms with E-state index in [9.17, 15) is 9.59 Å². The van der Waals surface area contributed by atoms with Gasteiger partial charge in [0.25, 0.3) is 5.91 Å². The van der Waals surface area contributed by atoms with Crippen LogP contribution in [0.25, 0.3) is 5.65 Å². The number of amides is 2. The number of carbonyl (C=O) groups excluding carboxylic acids is 2. The number of likely N-dealkylation sites (tertiary alicyclic amines) is 1. The van der Waals surface area contributed by atoms with Crippen LogP contribution in [0.5, 0.6) is 11.5 Å². The Hall–Kier alpha value is -3.66. The van der Waals surface area contributed by atoms with Gasteiger partial charge in [-0.2, -0.15) is 5.10 Å². The summed E-state index contributed by atoms with van der Waals surface area (Å²) in [4.78, 5) is 30.6. The van der Waals surface area contributed by atoms with E-state index in [0.29, 0.717) is 29.2 Å². The Morgan fingerprint density at radius 3 is 3.03 bits per heavy atom. The zero-order valence-electron chi connectivity index (χ0n) is 18.6. The van der Waals surface area contributed by atoms with Crippen molar-refractivity contribution in [2.75, 3.05) is 25.0 Å². The maximum absolute atomic E-state index is 13.1. The fourth-order valence-corrected chi connectivity index (χ4v) is 4.44. The molecule has 0 aliphatic carbocycles. The third kappa shape index (κ3) is 4.34. The molecule has 0 unspecified atom stereocenters. The lowest BCUT2D eigenvalue weighted by Gasteiger charge is -2.19. The predicted molar refractivity (Wildman–Crippen MR) is 120 cm³/mol. The first-order chi connectivity index (χ1) is 15.8. The number of aromatic nitrogens is 3. The van der Waals surface area contributed by atoms with Gasteiger partial charge in [0.15, 0.2) is 5.65 Å². The van der Waals surface area contributed by atoms with Gasteiger partial charge in [0.05, 0.1) is 18.4 Å². The number of hydrogen-bond donors (Lipinski definition) is 2. The Labute approximate surface area is 190 Å². The minimum atomic E-state index is -0.362. The van der Waals surface area contributed by atoms with Crippen LogP contribution in [0.4, 0.5) is 5.69 Å². The lowest BCUT2D eigenvalue weighted by atomic mass is 10.0. The minimum absolute atomic E-state index is 0.133. The van der Waals surface area contributed by atoms with E-state index in [2.05, 4.69) is 15.4 Å². The van der Waals surface area contributed by atoms with E-state index in [-0.39, 0.29) is 30.1 Å². The van der Waals surface area contributed by atoms with Crippen molar-refractivity contribution in [2.45, 2.75) is 38.4 Å². The summed E-state index contributed by atoms with van der Waals surface area (Å²) in [7, 11) is 0. The van der Waals surface area contributed by atoms with Crippen LogP contribution in [-0.4, -0.2) is 62.7 Å². The first-order valence-corrected chi connectivity index (χ1v) is 10.9. The standard InChI is InChI=1S/C23H26N6O4/c1-23(2)10-14-8-17(27-22(31)16-11-26-29-6-3-5-25-21(16)29)19(9-18(14)33-23)32-15-4-7-28(12-15)13-20(24)30/h3,5-6,8-9,11,15H,4,7,10,12-13H2,1-2H3,(H2,24,30)(H,27,31)/t15-/m1/s1. The van der Waals surface area contributed by atoms with Crippen molar-refractivity contribution in [1.29, 1.82) is 0 Å². The van der Waals surface area contributed by atoms with Crippen molar-refractivity contribution in [3.63, 3.8) is 0 Å². The molecule has 4 heterocycles. The normalized spacial score (nSPS) is 19.3. The Bertz CT molecular complexity index is 1240. The van der Waals surface area contributed by atoms with Crippen molar-refractivity contribution < 1.29 is 19.1 Å². The molecule has 2 aliphatic heterocycles. The van der Waals surface area contributed by atoms with Crippen molar-refractivity contribution >= 4 is 23.1 Å². The van der Waals surface area contributed by atoms with E-state index in [1.807, 2.05) is 30.9 Å². The van der Waals surface area contributed by atoms with Crippen molar-refractivity contribution in [3.05, 3.63) is 47.9 Å². The summed E-state index contributed by atoms with van der Waals surface area (Å²) in [5.41, 5.74) is 7.39. The van der Waals surface area contributed by atoms with Gasteiger partial charge in [-0.1, -0.05) is 0 Å².